The lowest BCUT2D eigenvalue weighted by atomic mass is 9.42. The summed E-state index contributed by atoms with van der Waals surface area (Å²) in [5.41, 5.74) is 2.03. The van der Waals surface area contributed by atoms with Crippen LogP contribution in [0.4, 0.5) is 0 Å². The zero-order valence-corrected chi connectivity index (χ0v) is 21.6. The highest BCUT2D eigenvalue weighted by molar-refractivity contribution is 6.74. The molecule has 0 aromatic rings. The van der Waals surface area contributed by atoms with Crippen molar-refractivity contribution in [3.8, 4) is 0 Å². The minimum Gasteiger partial charge on any atom is -0.411 e. The molecule has 8 atom stereocenters. The van der Waals surface area contributed by atoms with Crippen LogP contribution in [0.15, 0.2) is 11.6 Å². The quantitative estimate of drug-likeness (QED) is 0.424. The lowest BCUT2D eigenvalue weighted by molar-refractivity contribution is -0.183. The van der Waals surface area contributed by atoms with Gasteiger partial charge in [-0.05, 0) is 79.5 Å². The van der Waals surface area contributed by atoms with Crippen LogP contribution in [0, 0.1) is 28.1 Å². The van der Waals surface area contributed by atoms with E-state index in [1.165, 1.54) is 37.7 Å². The third-order valence-corrected chi connectivity index (χ3v) is 15.9. The zero-order valence-electron chi connectivity index (χ0n) is 20.6. The van der Waals surface area contributed by atoms with E-state index in [9.17, 15) is 5.11 Å². The van der Waals surface area contributed by atoms with Gasteiger partial charge < -0.3 is 14.3 Å². The number of hydrogen-bond donors (Lipinski definition) is 1. The van der Waals surface area contributed by atoms with Gasteiger partial charge in [-0.1, -0.05) is 47.6 Å². The molecule has 0 aromatic carbocycles. The smallest absolute Gasteiger partial charge is 0.192 e. The SMILES string of the molecule is CC(C)(C)[Si](C)(C)O[C@@]12CC[C@]3(C)[C@H]4C[C@H](O)C5=CCO[C@H]5[C@]4(C)CC[C@H]3[C@]1(C)C2. The highest BCUT2D eigenvalue weighted by Gasteiger charge is 2.77. The molecule has 0 spiro atoms. The fraction of sp³-hybridized carbons (Fsp3) is 0.923. The highest BCUT2D eigenvalue weighted by atomic mass is 28.4. The molecule has 5 rings (SSSR count). The van der Waals surface area contributed by atoms with Crippen molar-refractivity contribution in [1.82, 2.24) is 0 Å². The second-order valence-corrected chi connectivity index (χ2v) is 18.5. The first-order chi connectivity index (χ1) is 13.7. The maximum absolute atomic E-state index is 11.0. The van der Waals surface area contributed by atoms with Crippen LogP contribution in [0.2, 0.25) is 18.1 Å². The van der Waals surface area contributed by atoms with Crippen LogP contribution < -0.4 is 0 Å². The number of aliphatic hydroxyl groups excluding tert-OH is 1. The van der Waals surface area contributed by atoms with Gasteiger partial charge in [0.15, 0.2) is 8.32 Å². The van der Waals surface area contributed by atoms with Crippen molar-refractivity contribution in [2.45, 2.75) is 116 Å². The summed E-state index contributed by atoms with van der Waals surface area (Å²) in [7, 11) is -1.80. The van der Waals surface area contributed by atoms with Crippen LogP contribution in [-0.2, 0) is 9.16 Å². The van der Waals surface area contributed by atoms with Gasteiger partial charge in [-0.3, -0.25) is 0 Å². The first kappa shape index (κ1) is 21.7. The van der Waals surface area contributed by atoms with Crippen molar-refractivity contribution in [2.24, 2.45) is 28.1 Å². The Morgan fingerprint density at radius 1 is 1.07 bits per heavy atom. The topological polar surface area (TPSA) is 38.7 Å². The maximum atomic E-state index is 11.0. The van der Waals surface area contributed by atoms with Gasteiger partial charge in [-0.25, -0.2) is 0 Å². The molecular weight excluding hydrogens is 388 g/mol. The van der Waals surface area contributed by atoms with Gasteiger partial charge in [-0.15, -0.1) is 0 Å². The van der Waals surface area contributed by atoms with E-state index in [0.717, 1.165) is 6.42 Å². The molecule has 0 unspecified atom stereocenters. The van der Waals surface area contributed by atoms with Crippen LogP contribution in [0.25, 0.3) is 0 Å². The number of ether oxygens (including phenoxy) is 1. The summed E-state index contributed by atoms with van der Waals surface area (Å²) in [5, 5.41) is 11.3. The zero-order chi connectivity index (χ0) is 22.0. The van der Waals surface area contributed by atoms with E-state index >= 15 is 0 Å². The Balaban J connectivity index is 1.46. The van der Waals surface area contributed by atoms with Crippen molar-refractivity contribution in [3.63, 3.8) is 0 Å². The third kappa shape index (κ3) is 2.54. The molecule has 4 fully saturated rings. The van der Waals surface area contributed by atoms with Crippen molar-refractivity contribution < 1.29 is 14.3 Å². The number of fused-ring (bicyclic) bond motifs is 7. The molecule has 0 aromatic heterocycles. The Morgan fingerprint density at radius 3 is 2.43 bits per heavy atom. The molecule has 4 saturated carbocycles. The Kier molecular flexibility index (Phi) is 4.36. The van der Waals surface area contributed by atoms with Crippen LogP contribution >= 0.6 is 0 Å². The number of aliphatic hydroxyl groups is 1. The molecule has 30 heavy (non-hydrogen) atoms. The fourth-order valence-electron chi connectivity index (χ4n) is 8.57. The van der Waals surface area contributed by atoms with E-state index in [0.29, 0.717) is 23.9 Å². The van der Waals surface area contributed by atoms with Gasteiger partial charge >= 0.3 is 0 Å². The Bertz CT molecular complexity index is 784. The first-order valence-electron chi connectivity index (χ1n) is 12.4. The largest absolute Gasteiger partial charge is 0.411 e. The summed E-state index contributed by atoms with van der Waals surface area (Å²) in [6, 6.07) is 0. The monoisotopic (exact) mass is 432 g/mol. The second kappa shape index (κ2) is 6.04. The minimum absolute atomic E-state index is 0.107. The van der Waals surface area contributed by atoms with E-state index in [1.54, 1.807) is 0 Å². The molecule has 0 saturated heterocycles. The molecule has 3 nitrogen and oxygen atoms in total. The van der Waals surface area contributed by atoms with E-state index < -0.39 is 8.32 Å². The Morgan fingerprint density at radius 2 is 1.77 bits per heavy atom. The molecule has 170 valence electrons. The predicted octanol–water partition coefficient (Wildman–Crippen LogP) is 6.08. The average Bonchev–Trinajstić information content (AvgIpc) is 2.99. The normalized spacial score (nSPS) is 52.6. The summed E-state index contributed by atoms with van der Waals surface area (Å²) in [5.74, 6) is 1.23. The third-order valence-electron chi connectivity index (χ3n) is 11.3. The predicted molar refractivity (Wildman–Crippen MR) is 124 cm³/mol. The van der Waals surface area contributed by atoms with E-state index in [-0.39, 0.29) is 33.7 Å². The number of hydrogen-bond acceptors (Lipinski definition) is 3. The van der Waals surface area contributed by atoms with Crippen LogP contribution in [-0.4, -0.2) is 37.8 Å². The van der Waals surface area contributed by atoms with Gasteiger partial charge in [0.2, 0.25) is 0 Å². The molecule has 0 radical (unpaired) electrons. The van der Waals surface area contributed by atoms with Crippen molar-refractivity contribution in [3.05, 3.63) is 11.6 Å². The second-order valence-electron chi connectivity index (χ2n) is 13.8. The van der Waals surface area contributed by atoms with E-state index in [2.05, 4.69) is 60.7 Å². The summed E-state index contributed by atoms with van der Waals surface area (Å²) < 4.78 is 13.4. The van der Waals surface area contributed by atoms with Gasteiger partial charge in [-0.2, -0.15) is 0 Å². The lowest BCUT2D eigenvalue weighted by Gasteiger charge is -2.64. The molecular formula is C26H44O3Si. The van der Waals surface area contributed by atoms with Gasteiger partial charge in [0.25, 0.3) is 0 Å². The van der Waals surface area contributed by atoms with Crippen LogP contribution in [0.1, 0.15) is 80.1 Å². The van der Waals surface area contributed by atoms with E-state index in [1.807, 2.05) is 0 Å². The molecule has 1 aliphatic heterocycles. The Hall–Kier alpha value is -0.163. The minimum atomic E-state index is -1.80. The van der Waals surface area contributed by atoms with Gasteiger partial charge in [0, 0.05) is 10.8 Å². The van der Waals surface area contributed by atoms with Crippen molar-refractivity contribution in [1.29, 1.82) is 0 Å². The van der Waals surface area contributed by atoms with Crippen molar-refractivity contribution in [2.75, 3.05) is 6.61 Å². The average molecular weight is 433 g/mol. The summed E-state index contributed by atoms with van der Waals surface area (Å²) in [6.45, 7) is 20.2. The van der Waals surface area contributed by atoms with Crippen molar-refractivity contribution >= 4 is 8.32 Å². The first-order valence-corrected chi connectivity index (χ1v) is 15.3. The number of rotatable bonds is 2. The summed E-state index contributed by atoms with van der Waals surface area (Å²) in [6.07, 6.45) is 9.07. The lowest BCUT2D eigenvalue weighted by Crippen LogP contribution is -2.62. The molecule has 0 amide bonds. The fourth-order valence-corrected chi connectivity index (χ4v) is 10.3. The highest BCUT2D eigenvalue weighted by Crippen LogP contribution is 2.79. The molecule has 1 heterocycles. The molecule has 1 N–H and O–H groups in total. The van der Waals surface area contributed by atoms with Gasteiger partial charge in [0.1, 0.15) is 0 Å². The molecule has 4 heteroatoms. The Labute approximate surface area is 185 Å². The summed E-state index contributed by atoms with van der Waals surface area (Å²) in [4.78, 5) is 0. The maximum Gasteiger partial charge on any atom is 0.192 e. The molecule has 4 aliphatic carbocycles. The standard InChI is InChI=1S/C26H44O3Si/c1-22(2,3)30(7,8)29-26-13-12-23(4)19(25(26,6)16-26)9-11-24(5)20(23)15-18(27)17-10-14-28-21(17)24/h10,18-21,27H,9,11-16H2,1-8H3/t18-,19+,20+,21+,23-,24+,25-,26+/m0/s1. The summed E-state index contributed by atoms with van der Waals surface area (Å²) >= 11 is 0. The molecule has 0 bridgehead atoms. The molecule has 5 aliphatic rings. The van der Waals surface area contributed by atoms with Crippen LogP contribution in [0.3, 0.4) is 0 Å². The van der Waals surface area contributed by atoms with Gasteiger partial charge in [0.05, 0.1) is 24.4 Å². The van der Waals surface area contributed by atoms with Crippen LogP contribution in [0.5, 0.6) is 0 Å². The van der Waals surface area contributed by atoms with E-state index in [4.69, 9.17) is 9.16 Å².